The van der Waals surface area contributed by atoms with Crippen LogP contribution in [0.3, 0.4) is 0 Å². The summed E-state index contributed by atoms with van der Waals surface area (Å²) >= 11 is 6.35. The number of ether oxygens (including phenoxy) is 2. The van der Waals surface area contributed by atoms with Crippen LogP contribution in [0.2, 0.25) is 5.02 Å². The number of aliphatic hydroxyl groups excluding tert-OH is 4. The summed E-state index contributed by atoms with van der Waals surface area (Å²) < 4.78 is 11.1. The highest BCUT2D eigenvalue weighted by Crippen LogP contribution is 2.37. The van der Waals surface area contributed by atoms with E-state index in [4.69, 9.17) is 21.1 Å². The van der Waals surface area contributed by atoms with Gasteiger partial charge in [0, 0.05) is 10.6 Å². The molecule has 0 unspecified atom stereocenters. The van der Waals surface area contributed by atoms with Crippen LogP contribution in [0.25, 0.3) is 11.1 Å². The first-order valence-electron chi connectivity index (χ1n) is 8.79. The molecular weight excluding hydrogens is 372 g/mol. The van der Waals surface area contributed by atoms with Crippen molar-refractivity contribution in [2.24, 2.45) is 0 Å². The Bertz CT molecular complexity index is 764. The van der Waals surface area contributed by atoms with Crippen LogP contribution in [0, 0.1) is 0 Å². The summed E-state index contributed by atoms with van der Waals surface area (Å²) in [7, 11) is 0. The SMILES string of the molecule is CCOc1ccc(-c2cc([C@H]3O[C@H](CO)[C@@H](O)[C@@H](O)[C@H]3O)ccc2Cl)cc1. The van der Waals surface area contributed by atoms with Gasteiger partial charge in [-0.15, -0.1) is 0 Å². The van der Waals surface area contributed by atoms with Crippen LogP contribution in [0.4, 0.5) is 0 Å². The quantitative estimate of drug-likeness (QED) is 0.618. The maximum absolute atomic E-state index is 10.3. The van der Waals surface area contributed by atoms with Crippen LogP contribution in [-0.2, 0) is 4.74 Å². The van der Waals surface area contributed by atoms with Gasteiger partial charge in [-0.25, -0.2) is 0 Å². The molecule has 1 fully saturated rings. The fourth-order valence-corrected chi connectivity index (χ4v) is 3.44. The molecule has 3 rings (SSSR count). The molecule has 1 heterocycles. The van der Waals surface area contributed by atoms with Gasteiger partial charge in [-0.3, -0.25) is 0 Å². The highest BCUT2D eigenvalue weighted by molar-refractivity contribution is 6.33. The predicted molar refractivity (Wildman–Crippen MR) is 101 cm³/mol. The summed E-state index contributed by atoms with van der Waals surface area (Å²) in [5.74, 6) is 0.752. The molecular formula is C20H23ClO6. The fraction of sp³-hybridized carbons (Fsp3) is 0.400. The van der Waals surface area contributed by atoms with Gasteiger partial charge in [-0.05, 0) is 42.3 Å². The molecule has 0 bridgehead atoms. The van der Waals surface area contributed by atoms with E-state index in [-0.39, 0.29) is 0 Å². The summed E-state index contributed by atoms with van der Waals surface area (Å²) in [6.07, 6.45) is -6.01. The molecule has 7 heteroatoms. The lowest BCUT2D eigenvalue weighted by molar-refractivity contribution is -0.231. The Labute approximate surface area is 162 Å². The normalized spacial score (nSPS) is 28.1. The summed E-state index contributed by atoms with van der Waals surface area (Å²) in [5.41, 5.74) is 2.17. The molecule has 2 aromatic rings. The van der Waals surface area contributed by atoms with Crippen molar-refractivity contribution < 1.29 is 29.9 Å². The molecule has 0 aromatic heterocycles. The molecule has 1 aliphatic rings. The summed E-state index contributed by atoms with van der Waals surface area (Å²) in [5, 5.41) is 40.2. The van der Waals surface area contributed by atoms with E-state index in [1.165, 1.54) is 0 Å². The smallest absolute Gasteiger partial charge is 0.119 e. The minimum Gasteiger partial charge on any atom is -0.494 e. The van der Waals surface area contributed by atoms with E-state index in [9.17, 15) is 20.4 Å². The molecule has 0 saturated carbocycles. The summed E-state index contributed by atoms with van der Waals surface area (Å²) in [6, 6.07) is 12.6. The predicted octanol–water partition coefficient (Wildman–Crippen LogP) is 1.92. The minimum absolute atomic E-state index is 0.471. The van der Waals surface area contributed by atoms with Crippen LogP contribution in [-0.4, -0.2) is 58.1 Å². The average Bonchev–Trinajstić information content (AvgIpc) is 2.68. The second kappa shape index (κ2) is 8.56. The van der Waals surface area contributed by atoms with Crippen molar-refractivity contribution in [3.8, 4) is 16.9 Å². The van der Waals surface area contributed by atoms with E-state index in [2.05, 4.69) is 0 Å². The standard InChI is InChI=1S/C20H23ClO6/c1-2-26-13-6-3-11(4-7-13)14-9-12(5-8-15(14)21)20-19(25)18(24)17(23)16(10-22)27-20/h3-9,16-20,22-25H,2,10H2,1H3/t16-,17-,18-,19-,20-/m1/s1. The third-order valence-electron chi connectivity index (χ3n) is 4.69. The van der Waals surface area contributed by atoms with E-state index in [1.807, 2.05) is 31.2 Å². The van der Waals surface area contributed by atoms with Crippen molar-refractivity contribution in [3.63, 3.8) is 0 Å². The van der Waals surface area contributed by atoms with Gasteiger partial charge < -0.3 is 29.9 Å². The molecule has 0 radical (unpaired) electrons. The Morgan fingerprint density at radius 3 is 2.33 bits per heavy atom. The first-order chi connectivity index (χ1) is 13.0. The molecule has 1 saturated heterocycles. The van der Waals surface area contributed by atoms with Crippen LogP contribution in [0.1, 0.15) is 18.6 Å². The Hall–Kier alpha value is -1.67. The lowest BCUT2D eigenvalue weighted by Gasteiger charge is -2.40. The van der Waals surface area contributed by atoms with E-state index in [1.54, 1.807) is 18.2 Å². The number of halogens is 1. The monoisotopic (exact) mass is 394 g/mol. The third kappa shape index (κ3) is 4.11. The number of aliphatic hydroxyl groups is 4. The Morgan fingerprint density at radius 1 is 1.00 bits per heavy atom. The number of hydrogen-bond donors (Lipinski definition) is 4. The Balaban J connectivity index is 1.92. The number of rotatable bonds is 5. The molecule has 0 aliphatic carbocycles. The van der Waals surface area contributed by atoms with Gasteiger partial charge in [0.1, 0.15) is 36.3 Å². The third-order valence-corrected chi connectivity index (χ3v) is 5.02. The van der Waals surface area contributed by atoms with Crippen molar-refractivity contribution >= 4 is 11.6 Å². The molecule has 2 aromatic carbocycles. The second-order valence-electron chi connectivity index (χ2n) is 6.45. The first-order valence-corrected chi connectivity index (χ1v) is 9.17. The van der Waals surface area contributed by atoms with Crippen LogP contribution < -0.4 is 4.74 Å². The molecule has 0 amide bonds. The second-order valence-corrected chi connectivity index (χ2v) is 6.85. The fourth-order valence-electron chi connectivity index (χ4n) is 3.22. The van der Waals surface area contributed by atoms with Crippen LogP contribution in [0.5, 0.6) is 5.75 Å². The van der Waals surface area contributed by atoms with Crippen molar-refractivity contribution in [3.05, 3.63) is 53.1 Å². The summed E-state index contributed by atoms with van der Waals surface area (Å²) in [6.45, 7) is 2.02. The van der Waals surface area contributed by atoms with Crippen LogP contribution >= 0.6 is 11.6 Å². The van der Waals surface area contributed by atoms with E-state index in [0.717, 1.165) is 16.9 Å². The van der Waals surface area contributed by atoms with Crippen molar-refractivity contribution in [1.82, 2.24) is 0 Å². The van der Waals surface area contributed by atoms with E-state index in [0.29, 0.717) is 17.2 Å². The lowest BCUT2D eigenvalue weighted by atomic mass is 9.90. The first kappa shape index (κ1) is 20.1. The largest absolute Gasteiger partial charge is 0.494 e. The zero-order chi connectivity index (χ0) is 19.6. The average molecular weight is 395 g/mol. The van der Waals surface area contributed by atoms with Gasteiger partial charge in [-0.1, -0.05) is 29.8 Å². The zero-order valence-electron chi connectivity index (χ0n) is 14.8. The molecule has 1 aliphatic heterocycles. The van der Waals surface area contributed by atoms with Gasteiger partial charge in [-0.2, -0.15) is 0 Å². The van der Waals surface area contributed by atoms with Gasteiger partial charge in [0.25, 0.3) is 0 Å². The highest BCUT2D eigenvalue weighted by Gasteiger charge is 2.44. The number of benzene rings is 2. The molecule has 0 spiro atoms. The minimum atomic E-state index is -1.43. The molecule has 5 atom stereocenters. The number of hydrogen-bond acceptors (Lipinski definition) is 6. The zero-order valence-corrected chi connectivity index (χ0v) is 15.6. The summed E-state index contributed by atoms with van der Waals surface area (Å²) in [4.78, 5) is 0. The molecule has 27 heavy (non-hydrogen) atoms. The molecule has 6 nitrogen and oxygen atoms in total. The molecule has 146 valence electrons. The van der Waals surface area contributed by atoms with Crippen molar-refractivity contribution in [1.29, 1.82) is 0 Å². The van der Waals surface area contributed by atoms with Crippen molar-refractivity contribution in [2.45, 2.75) is 37.4 Å². The van der Waals surface area contributed by atoms with Crippen molar-refractivity contribution in [2.75, 3.05) is 13.2 Å². The van der Waals surface area contributed by atoms with E-state index >= 15 is 0 Å². The topological polar surface area (TPSA) is 99.4 Å². The van der Waals surface area contributed by atoms with E-state index < -0.39 is 37.1 Å². The Kier molecular flexibility index (Phi) is 6.37. The van der Waals surface area contributed by atoms with Gasteiger partial charge in [0.2, 0.25) is 0 Å². The van der Waals surface area contributed by atoms with Gasteiger partial charge >= 0.3 is 0 Å². The maximum atomic E-state index is 10.3. The van der Waals surface area contributed by atoms with Crippen LogP contribution in [0.15, 0.2) is 42.5 Å². The Morgan fingerprint density at radius 2 is 1.70 bits per heavy atom. The maximum Gasteiger partial charge on any atom is 0.119 e. The lowest BCUT2D eigenvalue weighted by Crippen LogP contribution is -2.55. The van der Waals surface area contributed by atoms with Gasteiger partial charge in [0.15, 0.2) is 0 Å². The van der Waals surface area contributed by atoms with Gasteiger partial charge in [0.05, 0.1) is 13.2 Å². The highest BCUT2D eigenvalue weighted by atomic mass is 35.5. The molecule has 4 N–H and O–H groups in total.